The number of nitrogens with one attached hydrogen (secondary N) is 1. The fraction of sp³-hybridized carbons (Fsp3) is 0.469. The molecule has 0 bridgehead atoms. The number of aromatic amines is 1. The quantitative estimate of drug-likeness (QED) is 0.424. The SMILES string of the molecule is C[C@]12C=CC(=O)C=C1CCC1C3CC[C@](OC(=O)c4ccc(Oc5ccc(=O)[nH]c5)nc4)(C(=O)SCF)[C@@]3(C)C[C@H](O)C12F. The number of fused-ring (bicyclic) bond motifs is 5. The van der Waals surface area contributed by atoms with Gasteiger partial charge in [0.15, 0.2) is 17.1 Å². The van der Waals surface area contributed by atoms with Crippen LogP contribution in [-0.4, -0.2) is 55.3 Å². The molecular weight excluding hydrogens is 594 g/mol. The first-order valence-electron chi connectivity index (χ1n) is 14.5. The summed E-state index contributed by atoms with van der Waals surface area (Å²) >= 11 is 0.394. The van der Waals surface area contributed by atoms with E-state index >= 15 is 4.39 Å². The number of nitrogens with zero attached hydrogens (tertiary/aromatic N) is 1. The van der Waals surface area contributed by atoms with Gasteiger partial charge in [-0.2, -0.15) is 0 Å². The molecule has 44 heavy (non-hydrogen) atoms. The third-order valence-corrected chi connectivity index (χ3v) is 11.2. The number of hydrogen-bond donors (Lipinski definition) is 2. The van der Waals surface area contributed by atoms with Crippen LogP contribution in [0.4, 0.5) is 8.78 Å². The van der Waals surface area contributed by atoms with Gasteiger partial charge < -0.3 is 19.6 Å². The van der Waals surface area contributed by atoms with Crippen LogP contribution >= 0.6 is 11.8 Å². The Balaban J connectivity index is 1.30. The second-order valence-corrected chi connectivity index (χ2v) is 13.3. The molecule has 3 fully saturated rings. The Morgan fingerprint density at radius 3 is 2.64 bits per heavy atom. The third kappa shape index (κ3) is 4.40. The minimum Gasteiger partial charge on any atom is -0.446 e. The van der Waals surface area contributed by atoms with Gasteiger partial charge in [-0.3, -0.25) is 14.4 Å². The van der Waals surface area contributed by atoms with E-state index in [0.717, 1.165) is 0 Å². The Morgan fingerprint density at radius 1 is 1.16 bits per heavy atom. The van der Waals surface area contributed by atoms with Gasteiger partial charge in [-0.15, -0.1) is 0 Å². The molecule has 0 saturated heterocycles. The summed E-state index contributed by atoms with van der Waals surface area (Å²) in [7, 11) is 0. The van der Waals surface area contributed by atoms with E-state index in [9.17, 15) is 28.7 Å². The van der Waals surface area contributed by atoms with Gasteiger partial charge >= 0.3 is 5.97 Å². The molecule has 4 aliphatic carbocycles. The molecule has 3 unspecified atom stereocenters. The molecule has 12 heteroatoms. The summed E-state index contributed by atoms with van der Waals surface area (Å²) in [6.07, 6.45) is 6.31. The second kappa shape index (κ2) is 10.8. The molecular formula is C32H32F2N2O7S. The zero-order valence-corrected chi connectivity index (χ0v) is 25.0. The molecule has 2 N–H and O–H groups in total. The Bertz CT molecular complexity index is 1620. The average molecular weight is 627 g/mol. The maximum absolute atomic E-state index is 17.5. The largest absolute Gasteiger partial charge is 0.446 e. The molecule has 232 valence electrons. The highest BCUT2D eigenvalue weighted by Crippen LogP contribution is 2.70. The first-order chi connectivity index (χ1) is 20.9. The normalized spacial score (nSPS) is 35.6. The van der Waals surface area contributed by atoms with Gasteiger partial charge in [0, 0.05) is 41.3 Å². The van der Waals surface area contributed by atoms with Gasteiger partial charge in [0.05, 0.1) is 11.7 Å². The number of alkyl halides is 2. The number of aliphatic hydroxyl groups excluding tert-OH is 1. The van der Waals surface area contributed by atoms with Gasteiger partial charge in [0.25, 0.3) is 0 Å². The first kappa shape index (κ1) is 30.4. The predicted octanol–water partition coefficient (Wildman–Crippen LogP) is 5.02. The summed E-state index contributed by atoms with van der Waals surface area (Å²) in [5.74, 6) is -1.81. The van der Waals surface area contributed by atoms with E-state index in [4.69, 9.17) is 9.47 Å². The summed E-state index contributed by atoms with van der Waals surface area (Å²) in [5.41, 5.74) is -6.02. The van der Waals surface area contributed by atoms with Crippen molar-refractivity contribution in [2.75, 3.05) is 6.01 Å². The van der Waals surface area contributed by atoms with Crippen LogP contribution in [0.5, 0.6) is 11.6 Å². The maximum atomic E-state index is 17.5. The fourth-order valence-corrected chi connectivity index (χ4v) is 8.98. The Kier molecular flexibility index (Phi) is 7.43. The van der Waals surface area contributed by atoms with Crippen LogP contribution in [0.15, 0.2) is 65.3 Å². The minimum atomic E-state index is -2.12. The molecule has 2 aromatic rings. The van der Waals surface area contributed by atoms with Crippen molar-refractivity contribution in [1.82, 2.24) is 9.97 Å². The lowest BCUT2D eigenvalue weighted by Crippen LogP contribution is -2.69. The monoisotopic (exact) mass is 626 g/mol. The molecule has 0 aliphatic heterocycles. The fourth-order valence-electron chi connectivity index (χ4n) is 8.27. The van der Waals surface area contributed by atoms with E-state index in [1.165, 1.54) is 48.8 Å². The number of allylic oxidation sites excluding steroid dienone is 4. The Morgan fingerprint density at radius 2 is 1.95 bits per heavy atom. The highest BCUT2D eigenvalue weighted by molar-refractivity contribution is 8.13. The summed E-state index contributed by atoms with van der Waals surface area (Å²) < 4.78 is 42.7. The number of aliphatic hydroxyl groups is 1. The molecule has 7 atom stereocenters. The zero-order chi connectivity index (χ0) is 31.5. The highest BCUT2D eigenvalue weighted by Gasteiger charge is 2.75. The zero-order valence-electron chi connectivity index (χ0n) is 24.2. The summed E-state index contributed by atoms with van der Waals surface area (Å²) in [4.78, 5) is 57.2. The van der Waals surface area contributed by atoms with Crippen LogP contribution in [0.3, 0.4) is 0 Å². The number of pyridine rings is 2. The number of thioether (sulfide) groups is 1. The molecule has 0 radical (unpaired) electrons. The van der Waals surface area contributed by atoms with Crippen molar-refractivity contribution in [1.29, 1.82) is 0 Å². The number of hydrogen-bond acceptors (Lipinski definition) is 9. The van der Waals surface area contributed by atoms with Crippen molar-refractivity contribution < 1.29 is 37.7 Å². The Hall–Kier alpha value is -3.64. The summed E-state index contributed by atoms with van der Waals surface area (Å²) in [6, 6.07) is 4.52. The van der Waals surface area contributed by atoms with E-state index in [1.54, 1.807) is 19.9 Å². The lowest BCUT2D eigenvalue weighted by molar-refractivity contribution is -0.214. The number of halogens is 2. The smallest absolute Gasteiger partial charge is 0.340 e. The van der Waals surface area contributed by atoms with Crippen molar-refractivity contribution in [3.05, 3.63) is 76.4 Å². The third-order valence-electron chi connectivity index (χ3n) is 10.5. The van der Waals surface area contributed by atoms with Crippen LogP contribution in [0, 0.1) is 22.7 Å². The van der Waals surface area contributed by atoms with Gasteiger partial charge in [-0.25, -0.2) is 18.6 Å². The first-order valence-corrected chi connectivity index (χ1v) is 15.5. The number of ketones is 1. The van der Waals surface area contributed by atoms with Gasteiger partial charge in [0.2, 0.25) is 16.6 Å². The Labute approximate surface area is 256 Å². The lowest BCUT2D eigenvalue weighted by atomic mass is 9.45. The van der Waals surface area contributed by atoms with Gasteiger partial charge in [-0.05, 0) is 81.0 Å². The van der Waals surface area contributed by atoms with Crippen LogP contribution < -0.4 is 10.3 Å². The van der Waals surface area contributed by atoms with E-state index in [-0.39, 0.29) is 35.6 Å². The van der Waals surface area contributed by atoms with Crippen molar-refractivity contribution in [3.63, 3.8) is 0 Å². The maximum Gasteiger partial charge on any atom is 0.340 e. The van der Waals surface area contributed by atoms with Gasteiger partial charge in [0.1, 0.15) is 11.8 Å². The van der Waals surface area contributed by atoms with Crippen LogP contribution in [0.25, 0.3) is 0 Å². The highest BCUT2D eigenvalue weighted by atomic mass is 32.2. The predicted molar refractivity (Wildman–Crippen MR) is 156 cm³/mol. The molecule has 2 aromatic heterocycles. The molecule has 0 amide bonds. The van der Waals surface area contributed by atoms with Crippen LogP contribution in [0.2, 0.25) is 0 Å². The molecule has 9 nitrogen and oxygen atoms in total. The lowest BCUT2D eigenvalue weighted by Gasteiger charge is -2.62. The standard InChI is InChI=1S/C32H32F2N2O7S/c1-29-11-9-20(37)13-19(29)4-6-23-22-10-12-31(28(41)44-17-33,30(22,2)14-24(38)32(23,29)34)43-27(40)18-3-8-26(36-15-18)42-21-5-7-25(39)35-16-21/h3,5,7-9,11,13,15-16,22-24,38H,4,6,10,12,14,17H2,1-2H3,(H,35,39)/t22?,23?,24-,29-,30-,31-,32?/m0/s1. The summed E-state index contributed by atoms with van der Waals surface area (Å²) in [5, 5.41) is 10.9. The van der Waals surface area contributed by atoms with Gasteiger partial charge in [-0.1, -0.05) is 18.6 Å². The molecule has 2 heterocycles. The van der Waals surface area contributed by atoms with Crippen molar-refractivity contribution in [3.8, 4) is 11.6 Å². The van der Waals surface area contributed by atoms with E-state index in [1.807, 2.05) is 0 Å². The number of esters is 1. The number of H-pyrrole nitrogens is 1. The van der Waals surface area contributed by atoms with Crippen molar-refractivity contribution in [2.24, 2.45) is 22.7 Å². The number of aromatic nitrogens is 2. The van der Waals surface area contributed by atoms with Crippen LogP contribution in [-0.2, 0) is 14.3 Å². The van der Waals surface area contributed by atoms with E-state index in [2.05, 4.69) is 9.97 Å². The van der Waals surface area contributed by atoms with E-state index < -0.39 is 57.1 Å². The molecule has 4 aliphatic rings. The molecule has 6 rings (SSSR count). The van der Waals surface area contributed by atoms with Crippen molar-refractivity contribution in [2.45, 2.75) is 63.3 Å². The van der Waals surface area contributed by atoms with Crippen LogP contribution in [0.1, 0.15) is 56.3 Å². The number of rotatable bonds is 6. The number of carbonyl (C=O) groups is 3. The topological polar surface area (TPSA) is 136 Å². The minimum absolute atomic E-state index is 0.0106. The number of carbonyl (C=O) groups excluding carboxylic acids is 3. The molecule has 3 saturated carbocycles. The van der Waals surface area contributed by atoms with Crippen molar-refractivity contribution >= 4 is 28.6 Å². The van der Waals surface area contributed by atoms with E-state index in [0.29, 0.717) is 42.3 Å². The second-order valence-electron chi connectivity index (χ2n) is 12.4. The number of ether oxygens (including phenoxy) is 2. The average Bonchev–Trinajstić information content (AvgIpc) is 3.28. The molecule has 0 spiro atoms. The molecule has 0 aromatic carbocycles. The summed E-state index contributed by atoms with van der Waals surface area (Å²) in [6.45, 7) is 3.42.